The first-order chi connectivity index (χ1) is 13.9. The number of benzene rings is 3. The van der Waals surface area contributed by atoms with Gasteiger partial charge in [-0.15, -0.1) is 0 Å². The van der Waals surface area contributed by atoms with Crippen LogP contribution < -0.4 is 4.74 Å². The largest absolute Gasteiger partial charge is 0.507 e. The highest BCUT2D eigenvalue weighted by atomic mass is 16.5. The molecule has 0 aliphatic rings. The molecule has 0 aliphatic carbocycles. The highest BCUT2D eigenvalue weighted by molar-refractivity contribution is 5.86. The molecule has 3 heteroatoms. The number of nitrogens with zero attached hydrogens (tertiary/aromatic N) is 1. The SMILES string of the molecule is C=CCOc1cccc(N=Cc2cc(C)cc(C(C)(C)c3ccccc3)c2O)c1. The van der Waals surface area contributed by atoms with Crippen molar-refractivity contribution >= 4 is 11.9 Å². The third-order valence-corrected chi connectivity index (χ3v) is 4.99. The van der Waals surface area contributed by atoms with E-state index in [1.54, 1.807) is 12.3 Å². The van der Waals surface area contributed by atoms with E-state index in [1.165, 1.54) is 0 Å². The monoisotopic (exact) mass is 385 g/mol. The Hall–Kier alpha value is -3.33. The highest BCUT2D eigenvalue weighted by Gasteiger charge is 2.27. The van der Waals surface area contributed by atoms with Crippen molar-refractivity contribution in [3.8, 4) is 11.5 Å². The summed E-state index contributed by atoms with van der Waals surface area (Å²) in [5, 5.41) is 11.0. The molecule has 0 saturated carbocycles. The molecule has 3 nitrogen and oxygen atoms in total. The summed E-state index contributed by atoms with van der Waals surface area (Å²) in [6.45, 7) is 10.4. The van der Waals surface area contributed by atoms with Gasteiger partial charge in [-0.2, -0.15) is 0 Å². The minimum Gasteiger partial charge on any atom is -0.507 e. The molecule has 0 bridgehead atoms. The van der Waals surface area contributed by atoms with Crippen LogP contribution in [-0.4, -0.2) is 17.9 Å². The first-order valence-electron chi connectivity index (χ1n) is 9.69. The summed E-state index contributed by atoms with van der Waals surface area (Å²) in [5.74, 6) is 0.992. The molecule has 0 amide bonds. The Bertz CT molecular complexity index is 1020. The zero-order valence-corrected chi connectivity index (χ0v) is 17.2. The topological polar surface area (TPSA) is 41.8 Å². The van der Waals surface area contributed by atoms with Gasteiger partial charge >= 0.3 is 0 Å². The van der Waals surface area contributed by atoms with Gasteiger partial charge in [-0.3, -0.25) is 4.99 Å². The van der Waals surface area contributed by atoms with Gasteiger partial charge in [0, 0.05) is 28.8 Å². The fourth-order valence-electron chi connectivity index (χ4n) is 3.34. The molecule has 0 saturated heterocycles. The lowest BCUT2D eigenvalue weighted by atomic mass is 9.76. The predicted octanol–water partition coefficient (Wildman–Crippen LogP) is 6.34. The summed E-state index contributed by atoms with van der Waals surface area (Å²) < 4.78 is 5.56. The van der Waals surface area contributed by atoms with Crippen LogP contribution in [-0.2, 0) is 5.41 Å². The van der Waals surface area contributed by atoms with Gasteiger partial charge in [0.05, 0.1) is 5.69 Å². The summed E-state index contributed by atoms with van der Waals surface area (Å²) >= 11 is 0. The van der Waals surface area contributed by atoms with Gasteiger partial charge < -0.3 is 9.84 Å². The predicted molar refractivity (Wildman–Crippen MR) is 121 cm³/mol. The van der Waals surface area contributed by atoms with E-state index in [1.807, 2.05) is 61.5 Å². The zero-order chi connectivity index (χ0) is 20.9. The molecule has 0 atom stereocenters. The van der Waals surface area contributed by atoms with Gasteiger partial charge in [-0.25, -0.2) is 0 Å². The molecular formula is C26H27NO2. The Labute approximate surface area is 173 Å². The number of aliphatic imine (C=N–C) groups is 1. The second kappa shape index (κ2) is 8.78. The number of hydrogen-bond donors (Lipinski definition) is 1. The van der Waals surface area contributed by atoms with Crippen molar-refractivity contribution in [3.05, 3.63) is 102 Å². The highest BCUT2D eigenvalue weighted by Crippen LogP contribution is 2.39. The van der Waals surface area contributed by atoms with Crippen molar-refractivity contribution in [2.75, 3.05) is 6.61 Å². The third kappa shape index (κ3) is 4.75. The van der Waals surface area contributed by atoms with Crippen molar-refractivity contribution < 1.29 is 9.84 Å². The molecule has 0 aliphatic heterocycles. The van der Waals surface area contributed by atoms with Crippen molar-refractivity contribution in [2.24, 2.45) is 4.99 Å². The lowest BCUT2D eigenvalue weighted by molar-refractivity contribution is 0.363. The minimum atomic E-state index is -0.335. The van der Waals surface area contributed by atoms with Gasteiger partial charge in [0.2, 0.25) is 0 Å². The zero-order valence-electron chi connectivity index (χ0n) is 17.2. The van der Waals surface area contributed by atoms with Gasteiger partial charge in [-0.05, 0) is 36.2 Å². The number of hydrogen-bond acceptors (Lipinski definition) is 3. The van der Waals surface area contributed by atoms with Crippen LogP contribution in [0.1, 0.15) is 36.1 Å². The summed E-state index contributed by atoms with van der Waals surface area (Å²) in [6, 6.07) is 21.8. The maximum absolute atomic E-state index is 11.0. The second-order valence-corrected chi connectivity index (χ2v) is 7.60. The van der Waals surface area contributed by atoms with Crippen LogP contribution in [0.25, 0.3) is 0 Å². The molecule has 0 aromatic heterocycles. The minimum absolute atomic E-state index is 0.257. The van der Waals surface area contributed by atoms with Crippen LogP contribution in [0.5, 0.6) is 11.5 Å². The molecule has 148 valence electrons. The number of phenolic OH excluding ortho intramolecular Hbond substituents is 1. The van der Waals surface area contributed by atoms with E-state index in [2.05, 4.69) is 37.6 Å². The van der Waals surface area contributed by atoms with Gasteiger partial charge in [0.1, 0.15) is 18.1 Å². The Kier molecular flexibility index (Phi) is 6.18. The van der Waals surface area contributed by atoms with Crippen LogP contribution in [0.2, 0.25) is 0 Å². The van der Waals surface area contributed by atoms with E-state index in [9.17, 15) is 5.11 Å². The number of aromatic hydroxyl groups is 1. The number of phenols is 1. The quantitative estimate of drug-likeness (QED) is 0.381. The third-order valence-electron chi connectivity index (χ3n) is 4.99. The molecule has 0 fully saturated rings. The molecule has 3 aromatic carbocycles. The van der Waals surface area contributed by atoms with Crippen LogP contribution in [0.4, 0.5) is 5.69 Å². The van der Waals surface area contributed by atoms with E-state index in [-0.39, 0.29) is 11.2 Å². The molecule has 0 heterocycles. The first-order valence-corrected chi connectivity index (χ1v) is 9.69. The molecule has 3 rings (SSSR count). The van der Waals surface area contributed by atoms with Crippen molar-refractivity contribution in [1.29, 1.82) is 0 Å². The average Bonchev–Trinajstić information content (AvgIpc) is 2.73. The maximum Gasteiger partial charge on any atom is 0.128 e. The van der Waals surface area contributed by atoms with E-state index in [0.717, 1.165) is 28.1 Å². The molecular weight excluding hydrogens is 358 g/mol. The lowest BCUT2D eigenvalue weighted by Gasteiger charge is -2.28. The first kappa shape index (κ1) is 20.4. The van der Waals surface area contributed by atoms with Gasteiger partial charge in [-0.1, -0.05) is 69.0 Å². The van der Waals surface area contributed by atoms with Crippen molar-refractivity contribution in [1.82, 2.24) is 0 Å². The standard InChI is InChI=1S/C26H27NO2/c1-5-14-29-23-13-9-12-22(17-23)27-18-20-15-19(2)16-24(25(20)28)26(3,4)21-10-7-6-8-11-21/h5-13,15-18,28H,1,14H2,2-4H3. The summed E-state index contributed by atoms with van der Waals surface area (Å²) in [6.07, 6.45) is 3.41. The van der Waals surface area contributed by atoms with Gasteiger partial charge in [0.15, 0.2) is 0 Å². The van der Waals surface area contributed by atoms with Crippen LogP contribution in [0.3, 0.4) is 0 Å². The van der Waals surface area contributed by atoms with E-state index in [0.29, 0.717) is 12.2 Å². The van der Waals surface area contributed by atoms with Crippen LogP contribution >= 0.6 is 0 Å². The summed E-state index contributed by atoms with van der Waals surface area (Å²) in [4.78, 5) is 4.55. The number of rotatable bonds is 7. The summed E-state index contributed by atoms with van der Waals surface area (Å²) in [5.41, 5.74) is 4.23. The average molecular weight is 386 g/mol. The van der Waals surface area contributed by atoms with E-state index < -0.39 is 0 Å². The van der Waals surface area contributed by atoms with Crippen LogP contribution in [0, 0.1) is 6.92 Å². The Morgan fingerprint density at radius 2 is 1.79 bits per heavy atom. The Balaban J connectivity index is 1.95. The fourth-order valence-corrected chi connectivity index (χ4v) is 3.34. The molecule has 29 heavy (non-hydrogen) atoms. The molecule has 1 N–H and O–H groups in total. The molecule has 0 radical (unpaired) electrons. The van der Waals surface area contributed by atoms with Crippen molar-refractivity contribution in [3.63, 3.8) is 0 Å². The Morgan fingerprint density at radius 3 is 2.52 bits per heavy atom. The van der Waals surface area contributed by atoms with Gasteiger partial charge in [0.25, 0.3) is 0 Å². The Morgan fingerprint density at radius 1 is 1.03 bits per heavy atom. The molecule has 3 aromatic rings. The maximum atomic E-state index is 11.0. The van der Waals surface area contributed by atoms with Crippen LogP contribution in [0.15, 0.2) is 84.4 Å². The lowest BCUT2D eigenvalue weighted by Crippen LogP contribution is -2.19. The van der Waals surface area contributed by atoms with Crippen molar-refractivity contribution in [2.45, 2.75) is 26.2 Å². The van der Waals surface area contributed by atoms with E-state index >= 15 is 0 Å². The van der Waals surface area contributed by atoms with E-state index in [4.69, 9.17) is 4.74 Å². The molecule has 0 spiro atoms. The second-order valence-electron chi connectivity index (χ2n) is 7.60. The smallest absolute Gasteiger partial charge is 0.128 e. The number of ether oxygens (including phenoxy) is 1. The fraction of sp³-hybridized carbons (Fsp3) is 0.192. The normalized spacial score (nSPS) is 11.6. The number of aryl methyl sites for hydroxylation is 1. The molecule has 0 unspecified atom stereocenters. The summed E-state index contributed by atoms with van der Waals surface area (Å²) in [7, 11) is 0.